The molecule has 0 bridgehead atoms. The molecule has 2 aromatic rings. The van der Waals surface area contributed by atoms with Crippen LogP contribution in [-0.2, 0) is 6.54 Å². The molecule has 2 saturated heterocycles. The number of thioether (sulfide) groups is 1. The maximum Gasteiger partial charge on any atom is 0.187 e. The van der Waals surface area contributed by atoms with E-state index in [0.717, 1.165) is 49.1 Å². The van der Waals surface area contributed by atoms with Gasteiger partial charge in [-0.1, -0.05) is 17.8 Å². The van der Waals surface area contributed by atoms with Crippen molar-refractivity contribution in [2.45, 2.75) is 43.3 Å². The summed E-state index contributed by atoms with van der Waals surface area (Å²) in [7, 11) is 0. The third-order valence-electron chi connectivity index (χ3n) is 5.86. The number of halogens is 2. The van der Waals surface area contributed by atoms with Gasteiger partial charge in [0.1, 0.15) is 11.6 Å². The Kier molecular flexibility index (Phi) is 7.11. The molecule has 4 rings (SSSR count). The first kappa shape index (κ1) is 20.7. The Morgan fingerprint density at radius 3 is 2.55 bits per heavy atom. The Balaban J connectivity index is 1.35. The molecule has 0 radical (unpaired) electrons. The second kappa shape index (κ2) is 9.96. The van der Waals surface area contributed by atoms with E-state index < -0.39 is 11.6 Å². The lowest BCUT2D eigenvalue weighted by molar-refractivity contribution is 0.193. The maximum absolute atomic E-state index is 14.0. The molecule has 1 aromatic carbocycles. The van der Waals surface area contributed by atoms with Gasteiger partial charge in [0.15, 0.2) is 5.16 Å². The van der Waals surface area contributed by atoms with Crippen LogP contribution in [0.25, 0.3) is 0 Å². The van der Waals surface area contributed by atoms with Gasteiger partial charge in [0, 0.05) is 48.8 Å². The van der Waals surface area contributed by atoms with Crippen molar-refractivity contribution in [1.82, 2.24) is 19.8 Å². The average molecular weight is 419 g/mol. The minimum absolute atomic E-state index is 0.161. The van der Waals surface area contributed by atoms with Crippen molar-refractivity contribution in [3.63, 3.8) is 0 Å². The van der Waals surface area contributed by atoms with E-state index in [1.54, 1.807) is 11.8 Å². The summed E-state index contributed by atoms with van der Waals surface area (Å²) in [6.45, 7) is 5.43. The molecule has 1 aromatic heterocycles. The molecule has 0 N–H and O–H groups in total. The Morgan fingerprint density at radius 1 is 1.00 bits per heavy atom. The number of hydrogen-bond donors (Lipinski definition) is 0. The van der Waals surface area contributed by atoms with Gasteiger partial charge in [0.05, 0.1) is 0 Å². The lowest BCUT2D eigenvalue weighted by Crippen LogP contribution is -2.34. The minimum atomic E-state index is -0.467. The predicted octanol–water partition coefficient (Wildman–Crippen LogP) is 4.32. The number of benzene rings is 1. The Bertz CT molecular complexity index is 793. The SMILES string of the molecule is Fc1cccc(F)c1CN1CCCC(c2ccnc(SCCN3CCCC3)n2)C1. The van der Waals surface area contributed by atoms with Crippen LogP contribution in [0.2, 0.25) is 0 Å². The predicted molar refractivity (Wildman–Crippen MR) is 112 cm³/mol. The van der Waals surface area contributed by atoms with Crippen molar-refractivity contribution in [2.75, 3.05) is 38.5 Å². The van der Waals surface area contributed by atoms with E-state index in [1.165, 1.54) is 44.1 Å². The van der Waals surface area contributed by atoms with E-state index in [0.29, 0.717) is 6.54 Å². The Labute approximate surface area is 175 Å². The maximum atomic E-state index is 14.0. The number of nitrogens with zero attached hydrogens (tertiary/aromatic N) is 4. The highest BCUT2D eigenvalue weighted by Gasteiger charge is 2.24. The van der Waals surface area contributed by atoms with E-state index in [-0.39, 0.29) is 11.5 Å². The van der Waals surface area contributed by atoms with E-state index in [4.69, 9.17) is 4.98 Å². The van der Waals surface area contributed by atoms with Crippen molar-refractivity contribution < 1.29 is 8.78 Å². The van der Waals surface area contributed by atoms with Crippen molar-refractivity contribution in [1.29, 1.82) is 0 Å². The van der Waals surface area contributed by atoms with E-state index in [9.17, 15) is 8.78 Å². The zero-order valence-electron chi connectivity index (χ0n) is 16.7. The highest BCUT2D eigenvalue weighted by Crippen LogP contribution is 2.28. The molecule has 7 heteroatoms. The number of rotatable bonds is 7. The van der Waals surface area contributed by atoms with Gasteiger partial charge in [0.25, 0.3) is 0 Å². The molecule has 0 amide bonds. The molecular formula is C22H28F2N4S. The highest BCUT2D eigenvalue weighted by atomic mass is 32.2. The van der Waals surface area contributed by atoms with Gasteiger partial charge >= 0.3 is 0 Å². The largest absolute Gasteiger partial charge is 0.303 e. The van der Waals surface area contributed by atoms with Crippen LogP contribution in [0, 0.1) is 11.6 Å². The van der Waals surface area contributed by atoms with Crippen molar-refractivity contribution in [2.24, 2.45) is 0 Å². The molecule has 2 aliphatic heterocycles. The van der Waals surface area contributed by atoms with E-state index in [2.05, 4.69) is 14.8 Å². The summed E-state index contributed by atoms with van der Waals surface area (Å²) in [6, 6.07) is 6.06. The smallest absolute Gasteiger partial charge is 0.187 e. The van der Waals surface area contributed by atoms with Crippen LogP contribution < -0.4 is 0 Å². The molecule has 2 fully saturated rings. The van der Waals surface area contributed by atoms with Gasteiger partial charge in [-0.05, 0) is 63.5 Å². The van der Waals surface area contributed by atoms with Crippen LogP contribution in [0.3, 0.4) is 0 Å². The zero-order valence-corrected chi connectivity index (χ0v) is 17.5. The fraction of sp³-hybridized carbons (Fsp3) is 0.545. The molecule has 1 unspecified atom stereocenters. The summed E-state index contributed by atoms with van der Waals surface area (Å²) in [5.41, 5.74) is 1.20. The summed E-state index contributed by atoms with van der Waals surface area (Å²) < 4.78 is 28.0. The fourth-order valence-electron chi connectivity index (χ4n) is 4.27. The van der Waals surface area contributed by atoms with E-state index in [1.807, 2.05) is 12.3 Å². The second-order valence-corrected chi connectivity index (χ2v) is 9.00. The third-order valence-corrected chi connectivity index (χ3v) is 6.70. The fourth-order valence-corrected chi connectivity index (χ4v) is 5.11. The molecule has 1 atom stereocenters. The number of aromatic nitrogens is 2. The quantitative estimate of drug-likeness (QED) is 0.494. The molecular weight excluding hydrogens is 390 g/mol. The molecule has 29 heavy (non-hydrogen) atoms. The lowest BCUT2D eigenvalue weighted by atomic mass is 9.94. The average Bonchev–Trinajstić information content (AvgIpc) is 3.25. The first-order valence-electron chi connectivity index (χ1n) is 10.5. The summed E-state index contributed by atoms with van der Waals surface area (Å²) in [6.07, 6.45) is 6.51. The number of piperidine rings is 1. The van der Waals surface area contributed by atoms with Gasteiger partial charge in [-0.25, -0.2) is 18.7 Å². The van der Waals surface area contributed by atoms with Crippen LogP contribution >= 0.6 is 11.8 Å². The first-order chi connectivity index (χ1) is 14.2. The molecule has 0 spiro atoms. The topological polar surface area (TPSA) is 32.3 Å². The standard InChI is InChI=1S/C22H28F2N4S/c23-19-6-3-7-20(24)18(19)16-28-12-4-5-17(15-28)21-8-9-25-22(26-21)29-14-13-27-10-1-2-11-27/h3,6-9,17H,1-2,4-5,10-16H2. The van der Waals surface area contributed by atoms with Gasteiger partial charge in [-0.3, -0.25) is 4.90 Å². The van der Waals surface area contributed by atoms with Gasteiger partial charge in [0.2, 0.25) is 0 Å². The summed E-state index contributed by atoms with van der Waals surface area (Å²) >= 11 is 1.72. The number of hydrogen-bond acceptors (Lipinski definition) is 5. The summed E-state index contributed by atoms with van der Waals surface area (Å²) in [5, 5.41) is 0.832. The van der Waals surface area contributed by atoms with Crippen molar-refractivity contribution in [3.8, 4) is 0 Å². The monoisotopic (exact) mass is 418 g/mol. The minimum Gasteiger partial charge on any atom is -0.303 e. The molecule has 156 valence electrons. The van der Waals surface area contributed by atoms with Crippen molar-refractivity contribution >= 4 is 11.8 Å². The van der Waals surface area contributed by atoms with E-state index >= 15 is 0 Å². The third kappa shape index (κ3) is 5.53. The Hall–Kier alpha value is -1.57. The molecule has 4 nitrogen and oxygen atoms in total. The van der Waals surface area contributed by atoms with Crippen LogP contribution in [0.4, 0.5) is 8.78 Å². The van der Waals surface area contributed by atoms with Crippen molar-refractivity contribution in [3.05, 3.63) is 53.4 Å². The molecule has 0 aliphatic carbocycles. The molecule has 0 saturated carbocycles. The normalized spacial score (nSPS) is 21.0. The number of likely N-dealkylation sites (tertiary alicyclic amines) is 2. The van der Waals surface area contributed by atoms with Gasteiger partial charge in [-0.15, -0.1) is 0 Å². The first-order valence-corrected chi connectivity index (χ1v) is 11.5. The van der Waals surface area contributed by atoms with Crippen LogP contribution in [-0.4, -0.2) is 58.2 Å². The second-order valence-electron chi connectivity index (χ2n) is 7.94. The van der Waals surface area contributed by atoms with Crippen LogP contribution in [0.5, 0.6) is 0 Å². The molecule has 2 aliphatic rings. The molecule has 3 heterocycles. The Morgan fingerprint density at radius 2 is 1.76 bits per heavy atom. The highest BCUT2D eigenvalue weighted by molar-refractivity contribution is 7.99. The summed E-state index contributed by atoms with van der Waals surface area (Å²) in [4.78, 5) is 13.9. The van der Waals surface area contributed by atoms with Crippen LogP contribution in [0.1, 0.15) is 42.9 Å². The van der Waals surface area contributed by atoms with Gasteiger partial charge < -0.3 is 4.90 Å². The summed E-state index contributed by atoms with van der Waals surface area (Å²) in [5.74, 6) is 0.350. The van der Waals surface area contributed by atoms with Crippen LogP contribution in [0.15, 0.2) is 35.6 Å². The van der Waals surface area contributed by atoms with Gasteiger partial charge in [-0.2, -0.15) is 0 Å². The lowest BCUT2D eigenvalue weighted by Gasteiger charge is -2.32. The zero-order chi connectivity index (χ0) is 20.1.